The molecule has 2 aromatic rings. The molecule has 1 aliphatic heterocycles. The van der Waals surface area contributed by atoms with E-state index in [9.17, 15) is 18.0 Å². The number of carbonyl (C=O) groups excluding carboxylic acids is 2. The SMILES string of the molecule is CS(=O)(=O)c1cccc(C(=O)Nc2ccc(NC(=O)C3=COCCO3)cc2Cl)c1. The lowest BCUT2D eigenvalue weighted by molar-refractivity contribution is -0.117. The van der Waals surface area contributed by atoms with Crippen molar-refractivity contribution in [2.24, 2.45) is 0 Å². The van der Waals surface area contributed by atoms with Crippen molar-refractivity contribution >= 4 is 44.6 Å². The molecule has 2 N–H and O–H groups in total. The number of benzene rings is 2. The number of ether oxygens (including phenoxy) is 2. The molecule has 0 atom stereocenters. The van der Waals surface area contributed by atoms with Crippen molar-refractivity contribution in [2.45, 2.75) is 4.90 Å². The normalized spacial score (nSPS) is 13.5. The Morgan fingerprint density at radius 3 is 2.48 bits per heavy atom. The average molecular weight is 437 g/mol. The monoisotopic (exact) mass is 436 g/mol. The van der Waals surface area contributed by atoms with Crippen molar-refractivity contribution in [1.82, 2.24) is 0 Å². The van der Waals surface area contributed by atoms with Crippen LogP contribution in [0, 0.1) is 0 Å². The number of sulfone groups is 1. The second kappa shape index (κ2) is 8.54. The summed E-state index contributed by atoms with van der Waals surface area (Å²) >= 11 is 6.20. The predicted molar refractivity (Wildman–Crippen MR) is 108 cm³/mol. The van der Waals surface area contributed by atoms with Crippen LogP contribution in [0.1, 0.15) is 10.4 Å². The molecule has 0 radical (unpaired) electrons. The van der Waals surface area contributed by atoms with Crippen LogP contribution in [-0.4, -0.2) is 39.7 Å². The Bertz CT molecular complexity index is 1100. The summed E-state index contributed by atoms with van der Waals surface area (Å²) in [6.07, 6.45) is 2.30. The van der Waals surface area contributed by atoms with Gasteiger partial charge in [-0.05, 0) is 36.4 Å². The number of rotatable bonds is 5. The van der Waals surface area contributed by atoms with Crippen LogP contribution in [0.5, 0.6) is 0 Å². The summed E-state index contributed by atoms with van der Waals surface area (Å²) in [4.78, 5) is 24.6. The quantitative estimate of drug-likeness (QED) is 0.745. The number of halogens is 1. The van der Waals surface area contributed by atoms with E-state index in [0.717, 1.165) is 6.26 Å². The maximum absolute atomic E-state index is 12.4. The molecule has 0 unspecified atom stereocenters. The first-order valence-corrected chi connectivity index (χ1v) is 10.7. The molecule has 0 spiro atoms. The molecule has 0 saturated heterocycles. The molecular weight excluding hydrogens is 420 g/mol. The number of amides is 2. The van der Waals surface area contributed by atoms with Crippen LogP contribution in [0.15, 0.2) is 59.4 Å². The molecule has 0 bridgehead atoms. The Morgan fingerprint density at radius 2 is 1.83 bits per heavy atom. The molecule has 3 rings (SSSR count). The van der Waals surface area contributed by atoms with Gasteiger partial charge in [-0.2, -0.15) is 0 Å². The van der Waals surface area contributed by atoms with E-state index in [1.807, 2.05) is 0 Å². The van der Waals surface area contributed by atoms with Gasteiger partial charge in [-0.1, -0.05) is 17.7 Å². The smallest absolute Gasteiger partial charge is 0.294 e. The van der Waals surface area contributed by atoms with Gasteiger partial charge in [-0.3, -0.25) is 9.59 Å². The van der Waals surface area contributed by atoms with Crippen molar-refractivity contribution in [3.63, 3.8) is 0 Å². The van der Waals surface area contributed by atoms with Crippen molar-refractivity contribution < 1.29 is 27.5 Å². The molecule has 152 valence electrons. The molecule has 8 nitrogen and oxygen atoms in total. The Balaban J connectivity index is 1.71. The lowest BCUT2D eigenvalue weighted by atomic mass is 10.2. The van der Waals surface area contributed by atoms with Crippen LogP contribution in [0.25, 0.3) is 0 Å². The van der Waals surface area contributed by atoms with E-state index in [2.05, 4.69) is 10.6 Å². The molecule has 10 heteroatoms. The summed E-state index contributed by atoms with van der Waals surface area (Å²) in [7, 11) is -3.44. The molecule has 2 aromatic carbocycles. The first-order valence-electron chi connectivity index (χ1n) is 8.41. The number of carbonyl (C=O) groups is 2. The average Bonchev–Trinajstić information content (AvgIpc) is 2.70. The topological polar surface area (TPSA) is 111 Å². The summed E-state index contributed by atoms with van der Waals surface area (Å²) in [5.41, 5.74) is 0.866. The minimum Gasteiger partial charge on any atom is -0.494 e. The number of anilines is 2. The molecule has 2 amide bonds. The number of hydrogen-bond donors (Lipinski definition) is 2. The Labute approximate surface area is 172 Å². The van der Waals surface area contributed by atoms with Crippen molar-refractivity contribution in [3.8, 4) is 0 Å². The minimum absolute atomic E-state index is 0.0394. The molecular formula is C19H17ClN2O6S. The fraction of sp³-hybridized carbons (Fsp3) is 0.158. The van der Waals surface area contributed by atoms with Crippen LogP contribution >= 0.6 is 11.6 Å². The fourth-order valence-corrected chi connectivity index (χ4v) is 3.33. The third-order valence-corrected chi connectivity index (χ3v) is 5.30. The van der Waals surface area contributed by atoms with Gasteiger partial charge in [-0.25, -0.2) is 8.42 Å². The van der Waals surface area contributed by atoms with E-state index < -0.39 is 21.7 Å². The Morgan fingerprint density at radius 1 is 1.03 bits per heavy atom. The summed E-state index contributed by atoms with van der Waals surface area (Å²) in [6, 6.07) is 10.2. The highest BCUT2D eigenvalue weighted by Crippen LogP contribution is 2.26. The van der Waals surface area contributed by atoms with Crippen LogP contribution in [0.2, 0.25) is 5.02 Å². The molecule has 0 aromatic heterocycles. The van der Waals surface area contributed by atoms with Crippen molar-refractivity contribution in [3.05, 3.63) is 65.1 Å². The highest BCUT2D eigenvalue weighted by atomic mass is 35.5. The van der Waals surface area contributed by atoms with Crippen LogP contribution in [-0.2, 0) is 24.1 Å². The number of nitrogens with one attached hydrogen (secondary N) is 2. The van der Waals surface area contributed by atoms with Crippen LogP contribution < -0.4 is 10.6 Å². The second-order valence-corrected chi connectivity index (χ2v) is 8.53. The van der Waals surface area contributed by atoms with Gasteiger partial charge < -0.3 is 20.1 Å². The van der Waals surface area contributed by atoms with E-state index in [0.29, 0.717) is 18.0 Å². The fourth-order valence-electron chi connectivity index (χ4n) is 2.44. The van der Waals surface area contributed by atoms with Gasteiger partial charge in [0.25, 0.3) is 11.8 Å². The van der Waals surface area contributed by atoms with E-state index in [-0.39, 0.29) is 27.8 Å². The largest absolute Gasteiger partial charge is 0.494 e. The van der Waals surface area contributed by atoms with Crippen LogP contribution in [0.3, 0.4) is 0 Å². The van der Waals surface area contributed by atoms with Gasteiger partial charge in [0, 0.05) is 17.5 Å². The molecule has 1 heterocycles. The van der Waals surface area contributed by atoms with Crippen molar-refractivity contribution in [1.29, 1.82) is 0 Å². The maximum atomic E-state index is 12.4. The summed E-state index contributed by atoms with van der Waals surface area (Å²) in [5, 5.41) is 5.41. The highest BCUT2D eigenvalue weighted by Gasteiger charge is 2.17. The van der Waals surface area contributed by atoms with Gasteiger partial charge in [-0.15, -0.1) is 0 Å². The van der Waals surface area contributed by atoms with Gasteiger partial charge in [0.05, 0.1) is 15.6 Å². The van der Waals surface area contributed by atoms with Gasteiger partial charge in [0.15, 0.2) is 9.84 Å². The molecule has 29 heavy (non-hydrogen) atoms. The van der Waals surface area contributed by atoms with Crippen LogP contribution in [0.4, 0.5) is 11.4 Å². The lowest BCUT2D eigenvalue weighted by Crippen LogP contribution is -2.21. The van der Waals surface area contributed by atoms with E-state index in [4.69, 9.17) is 21.1 Å². The molecule has 0 aliphatic carbocycles. The Hall–Kier alpha value is -3.04. The zero-order valence-electron chi connectivity index (χ0n) is 15.3. The molecule has 0 saturated carbocycles. The van der Waals surface area contributed by atoms with E-state index >= 15 is 0 Å². The number of hydrogen-bond acceptors (Lipinski definition) is 6. The summed E-state index contributed by atoms with van der Waals surface area (Å²) < 4.78 is 33.5. The van der Waals surface area contributed by atoms with Gasteiger partial charge in [0.1, 0.15) is 19.5 Å². The maximum Gasteiger partial charge on any atom is 0.294 e. The lowest BCUT2D eigenvalue weighted by Gasteiger charge is -2.15. The molecule has 1 aliphatic rings. The van der Waals surface area contributed by atoms with Gasteiger partial charge >= 0.3 is 0 Å². The van der Waals surface area contributed by atoms with Crippen molar-refractivity contribution in [2.75, 3.05) is 30.1 Å². The second-order valence-electron chi connectivity index (χ2n) is 6.10. The first-order chi connectivity index (χ1) is 13.7. The Kier molecular flexibility index (Phi) is 6.09. The highest BCUT2D eigenvalue weighted by molar-refractivity contribution is 7.90. The zero-order chi connectivity index (χ0) is 21.0. The zero-order valence-corrected chi connectivity index (χ0v) is 16.8. The third kappa shape index (κ3) is 5.27. The van der Waals surface area contributed by atoms with Gasteiger partial charge in [0.2, 0.25) is 5.76 Å². The molecule has 0 fully saturated rings. The minimum atomic E-state index is -3.44. The van der Waals surface area contributed by atoms with E-state index in [1.165, 1.54) is 42.7 Å². The standard InChI is InChI=1S/C19H17ClN2O6S/c1-29(25,26)14-4-2-3-12(9-14)18(23)22-16-6-5-13(10-15(16)20)21-19(24)17-11-27-7-8-28-17/h2-6,9-11H,7-8H2,1H3,(H,21,24)(H,22,23). The summed E-state index contributed by atoms with van der Waals surface area (Å²) in [6.45, 7) is 0.662. The predicted octanol–water partition coefficient (Wildman–Crippen LogP) is 2.82. The van der Waals surface area contributed by atoms with E-state index in [1.54, 1.807) is 6.07 Å². The first kappa shape index (κ1) is 20.7. The summed E-state index contributed by atoms with van der Waals surface area (Å²) in [5.74, 6) is -0.960. The third-order valence-electron chi connectivity index (χ3n) is 3.87.